The van der Waals surface area contributed by atoms with E-state index in [0.717, 1.165) is 38.9 Å². The summed E-state index contributed by atoms with van der Waals surface area (Å²) in [6.45, 7) is 0. The van der Waals surface area contributed by atoms with Crippen LogP contribution in [0.1, 0.15) is 16.7 Å². The molecule has 2 heterocycles. The third-order valence-electron chi connectivity index (χ3n) is 6.32. The number of likely N-dealkylation sites (N-methyl/N-ethyl adjacent to an activating group) is 1. The normalized spacial score (nSPS) is 16.1. The van der Waals surface area contributed by atoms with Crippen LogP contribution in [0, 0.1) is 0 Å². The van der Waals surface area contributed by atoms with Crippen LogP contribution in [0.25, 0.3) is 16.5 Å². The third-order valence-corrected chi connectivity index (χ3v) is 6.32. The number of hydrogen-bond acceptors (Lipinski definition) is 3. The van der Waals surface area contributed by atoms with Gasteiger partial charge in [0.25, 0.3) is 5.91 Å². The smallest absolute Gasteiger partial charge is 0.253 e. The number of anilines is 1. The molecule has 0 saturated carbocycles. The monoisotopic (exact) mass is 501 g/mol. The first-order chi connectivity index (χ1) is 16.5. The van der Waals surface area contributed by atoms with Gasteiger partial charge in [-0.1, -0.05) is 66.7 Å². The molecule has 0 saturated heterocycles. The average Bonchev–Trinajstić information content (AvgIpc) is 3.24. The molecule has 7 heteroatoms. The number of nitrogens with zero attached hydrogens (tertiary/aromatic N) is 1. The molecule has 4 aromatic rings. The van der Waals surface area contributed by atoms with E-state index in [1.807, 2.05) is 91.1 Å². The largest absolute Gasteiger partial charge is 0.361 e. The van der Waals surface area contributed by atoms with Crippen molar-refractivity contribution in [3.8, 4) is 0 Å². The minimum Gasteiger partial charge on any atom is -0.361 e. The van der Waals surface area contributed by atoms with Gasteiger partial charge in [-0.05, 0) is 41.3 Å². The molecule has 175 valence electrons. The number of nitrogens with two attached hydrogens (primary N) is 1. The zero-order chi connectivity index (χ0) is 23.7. The molecule has 1 aromatic heterocycles. The third kappa shape index (κ3) is 4.82. The van der Waals surface area contributed by atoms with Crippen molar-refractivity contribution in [2.24, 2.45) is 5.73 Å². The maximum Gasteiger partial charge on any atom is 0.253 e. The summed E-state index contributed by atoms with van der Waals surface area (Å²) in [6.07, 6.45) is 4.07. The van der Waals surface area contributed by atoms with Crippen LogP contribution in [0.2, 0.25) is 0 Å². The number of amides is 2. The summed E-state index contributed by atoms with van der Waals surface area (Å²) in [4.78, 5) is 31.3. The van der Waals surface area contributed by atoms with Crippen molar-refractivity contribution in [2.45, 2.75) is 18.5 Å². The Kier molecular flexibility index (Phi) is 7.27. The molecule has 0 aliphatic carbocycles. The van der Waals surface area contributed by atoms with Crippen LogP contribution < -0.4 is 16.0 Å². The fourth-order valence-electron chi connectivity index (χ4n) is 4.51. The Balaban J connectivity index is 0.00000289. The maximum atomic E-state index is 13.4. The van der Waals surface area contributed by atoms with Gasteiger partial charge in [0.05, 0.1) is 11.7 Å². The molecular formula is C28H26N4O2V. The molecule has 0 bridgehead atoms. The summed E-state index contributed by atoms with van der Waals surface area (Å²) in [7, 11) is 1.73. The maximum absolute atomic E-state index is 13.4. The molecule has 6 nitrogen and oxygen atoms in total. The molecule has 1 aliphatic rings. The van der Waals surface area contributed by atoms with Crippen LogP contribution in [0.4, 0.5) is 5.69 Å². The van der Waals surface area contributed by atoms with Gasteiger partial charge in [0, 0.05) is 48.3 Å². The first-order valence-corrected chi connectivity index (χ1v) is 11.3. The van der Waals surface area contributed by atoms with Crippen molar-refractivity contribution in [2.75, 3.05) is 11.9 Å². The van der Waals surface area contributed by atoms with E-state index in [-0.39, 0.29) is 30.4 Å². The van der Waals surface area contributed by atoms with Crippen LogP contribution in [0.15, 0.2) is 91.1 Å². The molecule has 35 heavy (non-hydrogen) atoms. The van der Waals surface area contributed by atoms with E-state index in [9.17, 15) is 9.59 Å². The Bertz CT molecular complexity index is 1400. The van der Waals surface area contributed by atoms with Crippen LogP contribution >= 0.6 is 0 Å². The second-order valence-corrected chi connectivity index (χ2v) is 8.52. The van der Waals surface area contributed by atoms with Crippen LogP contribution in [-0.4, -0.2) is 35.9 Å². The van der Waals surface area contributed by atoms with Gasteiger partial charge in [-0.15, -0.1) is 0 Å². The van der Waals surface area contributed by atoms with E-state index in [0.29, 0.717) is 6.42 Å². The fraction of sp³-hybridized carbons (Fsp3) is 0.143. The molecule has 1 radical (unpaired) electrons. The topological polar surface area (TPSA) is 91.2 Å². The molecule has 2 amide bonds. The predicted molar refractivity (Wildman–Crippen MR) is 135 cm³/mol. The van der Waals surface area contributed by atoms with Gasteiger partial charge in [-0.3, -0.25) is 9.59 Å². The SMILES string of the molecule is CN1C(=O)C(NC(=O)C(N)Cc2c[nH]c3ccccc23)C=C(c2ccccc2)c2ccccc21.[V]. The van der Waals surface area contributed by atoms with E-state index in [1.54, 1.807) is 11.9 Å². The number of rotatable bonds is 5. The molecule has 3 aromatic carbocycles. The molecule has 1 aliphatic heterocycles. The number of aromatic amines is 1. The summed E-state index contributed by atoms with van der Waals surface area (Å²) in [5, 5.41) is 3.93. The van der Waals surface area contributed by atoms with Crippen molar-refractivity contribution in [1.82, 2.24) is 10.3 Å². The molecule has 5 rings (SSSR count). The second-order valence-electron chi connectivity index (χ2n) is 8.52. The van der Waals surface area contributed by atoms with Gasteiger partial charge in [0.1, 0.15) is 6.04 Å². The van der Waals surface area contributed by atoms with E-state index in [1.165, 1.54) is 0 Å². The quantitative estimate of drug-likeness (QED) is 0.390. The van der Waals surface area contributed by atoms with Crippen molar-refractivity contribution in [1.29, 1.82) is 0 Å². The zero-order valence-corrected chi connectivity index (χ0v) is 20.7. The summed E-state index contributed by atoms with van der Waals surface area (Å²) in [5.41, 5.74) is 11.9. The van der Waals surface area contributed by atoms with Gasteiger partial charge in [0.2, 0.25) is 5.91 Å². The Morgan fingerprint density at radius 1 is 1.03 bits per heavy atom. The number of nitrogens with one attached hydrogen (secondary N) is 2. The number of aromatic nitrogens is 1. The molecule has 0 fully saturated rings. The van der Waals surface area contributed by atoms with E-state index in [2.05, 4.69) is 10.3 Å². The van der Waals surface area contributed by atoms with Crippen molar-refractivity contribution < 1.29 is 28.1 Å². The Morgan fingerprint density at radius 2 is 1.71 bits per heavy atom. The predicted octanol–water partition coefficient (Wildman–Crippen LogP) is 3.63. The molecular weight excluding hydrogens is 475 g/mol. The Morgan fingerprint density at radius 3 is 2.51 bits per heavy atom. The van der Waals surface area contributed by atoms with Crippen molar-refractivity contribution in [3.05, 3.63) is 108 Å². The van der Waals surface area contributed by atoms with Crippen molar-refractivity contribution in [3.63, 3.8) is 0 Å². The van der Waals surface area contributed by atoms with Gasteiger partial charge < -0.3 is 20.9 Å². The van der Waals surface area contributed by atoms with Crippen molar-refractivity contribution >= 4 is 34.0 Å². The first-order valence-electron chi connectivity index (χ1n) is 11.3. The minimum atomic E-state index is -0.839. The second kappa shape index (κ2) is 10.4. The Hall–Kier alpha value is -3.58. The minimum absolute atomic E-state index is 0. The molecule has 4 N–H and O–H groups in total. The van der Waals surface area contributed by atoms with Gasteiger partial charge in [-0.2, -0.15) is 0 Å². The number of para-hydroxylation sites is 2. The summed E-state index contributed by atoms with van der Waals surface area (Å²) in [6, 6.07) is 23.9. The fourth-order valence-corrected chi connectivity index (χ4v) is 4.51. The Labute approximate surface area is 216 Å². The van der Waals surface area contributed by atoms with Crippen LogP contribution in [-0.2, 0) is 34.6 Å². The summed E-state index contributed by atoms with van der Waals surface area (Å²) < 4.78 is 0. The van der Waals surface area contributed by atoms with E-state index >= 15 is 0 Å². The van der Waals surface area contributed by atoms with E-state index < -0.39 is 12.1 Å². The standard InChI is InChI=1S/C28H26N4O2.V/c1-32-26-14-8-6-12-21(26)22(18-9-3-2-4-10-18)16-25(28(32)34)31-27(33)23(29)15-19-17-30-24-13-7-5-11-20(19)24;/h2-14,16-17,23,25,30H,15,29H2,1H3,(H,31,33);. The molecule has 0 spiro atoms. The zero-order valence-electron chi connectivity index (χ0n) is 19.3. The number of fused-ring (bicyclic) bond motifs is 2. The number of benzene rings is 3. The average molecular weight is 501 g/mol. The van der Waals surface area contributed by atoms with Gasteiger partial charge in [0.15, 0.2) is 0 Å². The molecule has 2 atom stereocenters. The number of H-pyrrole nitrogens is 1. The summed E-state index contributed by atoms with van der Waals surface area (Å²) >= 11 is 0. The van der Waals surface area contributed by atoms with E-state index in [4.69, 9.17) is 5.73 Å². The molecule has 2 unspecified atom stereocenters. The summed E-state index contributed by atoms with van der Waals surface area (Å²) in [5.74, 6) is -0.585. The number of carbonyl (C=O) groups excluding carboxylic acids is 2. The number of hydrogen-bond donors (Lipinski definition) is 3. The first kappa shape index (κ1) is 24.5. The van der Waals surface area contributed by atoms with Crippen LogP contribution in [0.3, 0.4) is 0 Å². The van der Waals surface area contributed by atoms with Crippen LogP contribution in [0.5, 0.6) is 0 Å². The van der Waals surface area contributed by atoms with Gasteiger partial charge >= 0.3 is 0 Å². The van der Waals surface area contributed by atoms with Gasteiger partial charge in [-0.25, -0.2) is 0 Å². The number of carbonyl (C=O) groups is 2.